The van der Waals surface area contributed by atoms with Crippen LogP contribution in [0.2, 0.25) is 0 Å². The highest BCUT2D eigenvalue weighted by Crippen LogP contribution is 2.38. The summed E-state index contributed by atoms with van der Waals surface area (Å²) in [6.07, 6.45) is 0. The number of nitriles is 3. The number of fused-ring (bicyclic) bond motifs is 9. The first-order chi connectivity index (χ1) is 68.3. The first-order valence-corrected chi connectivity index (χ1v) is 52.8. The number of benzene rings is 21. The summed E-state index contributed by atoms with van der Waals surface area (Å²) in [5, 5.41) is 52.5. The molecule has 0 aliphatic heterocycles. The summed E-state index contributed by atoms with van der Waals surface area (Å²) in [5.41, 5.74) is 19.7. The van der Waals surface area contributed by atoms with Gasteiger partial charge in [0.05, 0.1) is 68.0 Å². The Morgan fingerprint density at radius 2 is 0.391 bits per heavy atom. The quantitative estimate of drug-likeness (QED) is 0.0633. The maximum atomic E-state index is 9.97. The average Bonchev–Trinajstić information content (AvgIpc) is 0.769. The summed E-state index contributed by atoms with van der Waals surface area (Å²) >= 11 is 0. The van der Waals surface area contributed by atoms with E-state index in [0.29, 0.717) is 16.7 Å². The maximum absolute atomic E-state index is 9.97. The van der Waals surface area contributed by atoms with Crippen LogP contribution in [-0.2, 0) is 0 Å². The standard InChI is InChI=1S/3C43H30N2Si/c44-31-32-14-13-19-37(30-32)46(35-15-3-1-4-16-35,36-17-5-2-6-18-36)43-25-12-9-20-38(43)33-26-28-34(29-27-33)45-41-23-10-7-21-39(41)40-22-8-11-24-42(40)45;44-31-32-13-11-20-39(29-32)46(36-16-3-1-4-17-36,37-18-5-2-6-19-37)38-27-25-33(26-28-38)34-14-12-15-35(30-34)45-42-23-9-7-21-40(42)41-22-8-10-24-43(41)45;44-31-32-13-11-19-38(29-32)46(36-15-3-1-4-16-36,37-17-5-2-6-18-37)39-20-12-14-34(30-39)33-25-27-35(28-26-33)45-42-23-9-7-21-40(42)41-22-8-10-24-43(41)45/h3*1-30H. The first-order valence-electron chi connectivity index (χ1n) is 46.8. The van der Waals surface area contributed by atoms with Crippen molar-refractivity contribution in [3.63, 3.8) is 0 Å². The Labute approximate surface area is 806 Å². The van der Waals surface area contributed by atoms with E-state index in [1.165, 1.54) is 161 Å². The molecule has 6 nitrogen and oxygen atoms in total. The van der Waals surface area contributed by atoms with Gasteiger partial charge in [-0.25, -0.2) is 0 Å². The molecule has 0 aliphatic rings. The largest absolute Gasteiger partial charge is 0.309 e. The molecule has 0 amide bonds. The van der Waals surface area contributed by atoms with E-state index >= 15 is 0 Å². The minimum Gasteiger partial charge on any atom is -0.309 e. The predicted molar refractivity (Wildman–Crippen MR) is 584 cm³/mol. The lowest BCUT2D eigenvalue weighted by molar-refractivity contribution is 1.18. The third-order valence-electron chi connectivity index (χ3n) is 27.5. The monoisotopic (exact) mass is 1810 g/mol. The van der Waals surface area contributed by atoms with Crippen molar-refractivity contribution < 1.29 is 0 Å². The van der Waals surface area contributed by atoms with Crippen LogP contribution in [0, 0.1) is 34.0 Å². The lowest BCUT2D eigenvalue weighted by atomic mass is 10.1. The summed E-state index contributed by atoms with van der Waals surface area (Å²) < 4.78 is 7.09. The molecule has 0 N–H and O–H groups in total. The molecule has 3 heterocycles. The molecule has 0 atom stereocenters. The second kappa shape index (κ2) is 37.7. The van der Waals surface area contributed by atoms with E-state index in [-0.39, 0.29) is 0 Å². The molecule has 24 rings (SSSR count). The number of nitrogens with zero attached hydrogens (tertiary/aromatic N) is 6. The molecule has 24 aromatic rings. The number of hydrogen-bond acceptors (Lipinski definition) is 3. The molecule has 0 bridgehead atoms. The first kappa shape index (κ1) is 85.6. The average molecular weight is 1810 g/mol. The molecule has 0 radical (unpaired) electrons. The molecule has 0 saturated carbocycles. The van der Waals surface area contributed by atoms with Crippen molar-refractivity contribution in [2.75, 3.05) is 0 Å². The number of rotatable bonds is 18. The van der Waals surface area contributed by atoms with Crippen LogP contribution >= 0.6 is 0 Å². The van der Waals surface area contributed by atoms with E-state index < -0.39 is 24.2 Å². The Bertz CT molecular complexity index is 8440. The number of para-hydroxylation sites is 6. The van der Waals surface area contributed by atoms with Crippen LogP contribution in [0.15, 0.2) is 546 Å². The Kier molecular flexibility index (Phi) is 23.4. The van der Waals surface area contributed by atoms with Crippen molar-refractivity contribution in [1.82, 2.24) is 13.7 Å². The normalized spacial score (nSPS) is 11.5. The van der Waals surface area contributed by atoms with Gasteiger partial charge in [-0.05, 0) is 205 Å². The second-order valence-electron chi connectivity index (χ2n) is 35.0. The van der Waals surface area contributed by atoms with Crippen molar-refractivity contribution in [2.24, 2.45) is 0 Å². The highest BCUT2D eigenvalue weighted by Gasteiger charge is 2.46. The molecule has 9 heteroatoms. The summed E-state index contributed by atoms with van der Waals surface area (Å²) in [5.74, 6) is 0. The Morgan fingerprint density at radius 3 is 0.739 bits per heavy atom. The fraction of sp³-hybridized carbons (Fsp3) is 0. The lowest BCUT2D eigenvalue weighted by Gasteiger charge is -2.36. The minimum atomic E-state index is -2.87. The highest BCUT2D eigenvalue weighted by atomic mass is 28.3. The molecule has 0 saturated heterocycles. The van der Waals surface area contributed by atoms with Crippen molar-refractivity contribution in [3.8, 4) is 68.7 Å². The van der Waals surface area contributed by atoms with Gasteiger partial charge < -0.3 is 13.7 Å². The molecular weight excluding hydrogens is 1720 g/mol. The van der Waals surface area contributed by atoms with Gasteiger partial charge in [0.15, 0.2) is 24.2 Å². The van der Waals surface area contributed by atoms with E-state index in [0.717, 1.165) is 17.1 Å². The summed E-state index contributed by atoms with van der Waals surface area (Å²) in [6.45, 7) is 0. The van der Waals surface area contributed by atoms with Gasteiger partial charge in [0.25, 0.3) is 0 Å². The van der Waals surface area contributed by atoms with Crippen molar-refractivity contribution in [2.45, 2.75) is 0 Å². The smallest absolute Gasteiger partial charge is 0.180 e. The summed E-state index contributed by atoms with van der Waals surface area (Å²) in [7, 11) is -8.40. The van der Waals surface area contributed by atoms with Crippen LogP contribution in [0.25, 0.3) is 116 Å². The molecule has 0 spiro atoms. The van der Waals surface area contributed by atoms with Gasteiger partial charge in [0.1, 0.15) is 0 Å². The van der Waals surface area contributed by atoms with E-state index in [1.54, 1.807) is 0 Å². The Hall–Kier alpha value is -17.9. The van der Waals surface area contributed by atoms with Crippen LogP contribution in [0.4, 0.5) is 0 Å². The van der Waals surface area contributed by atoms with Crippen molar-refractivity contribution in [1.29, 1.82) is 15.8 Å². The zero-order chi connectivity index (χ0) is 92.8. The van der Waals surface area contributed by atoms with Crippen molar-refractivity contribution in [3.05, 3.63) is 563 Å². The van der Waals surface area contributed by atoms with Gasteiger partial charge in [-0.1, -0.05) is 437 Å². The third kappa shape index (κ3) is 15.3. The molecule has 648 valence electrons. The van der Waals surface area contributed by atoms with E-state index in [4.69, 9.17) is 0 Å². The van der Waals surface area contributed by atoms with Gasteiger partial charge in [-0.3, -0.25) is 0 Å². The molecular formula is C129H90N6Si3. The predicted octanol–water partition coefficient (Wildman–Crippen LogP) is 23.1. The maximum Gasteiger partial charge on any atom is 0.180 e. The Morgan fingerprint density at radius 1 is 0.152 bits per heavy atom. The van der Waals surface area contributed by atoms with Crippen LogP contribution in [-0.4, -0.2) is 37.9 Å². The van der Waals surface area contributed by atoms with E-state index in [1.807, 2.05) is 36.4 Å². The van der Waals surface area contributed by atoms with Crippen molar-refractivity contribution >= 4 is 152 Å². The zero-order valence-corrected chi connectivity index (χ0v) is 78.6. The van der Waals surface area contributed by atoms with E-state index in [2.05, 4.69) is 541 Å². The van der Waals surface area contributed by atoms with E-state index in [9.17, 15) is 15.8 Å². The van der Waals surface area contributed by atoms with Gasteiger partial charge in [-0.2, -0.15) is 15.8 Å². The van der Waals surface area contributed by atoms with Gasteiger partial charge in [-0.15, -0.1) is 0 Å². The van der Waals surface area contributed by atoms with Gasteiger partial charge in [0, 0.05) is 49.4 Å². The second-order valence-corrected chi connectivity index (χ2v) is 46.4. The highest BCUT2D eigenvalue weighted by molar-refractivity contribution is 7.21. The summed E-state index contributed by atoms with van der Waals surface area (Å²) in [6, 6.07) is 203. The van der Waals surface area contributed by atoms with Crippen LogP contribution < -0.4 is 62.2 Å². The molecule has 21 aromatic carbocycles. The van der Waals surface area contributed by atoms with Crippen LogP contribution in [0.1, 0.15) is 16.7 Å². The number of hydrogen-bond donors (Lipinski definition) is 0. The molecule has 0 aliphatic carbocycles. The molecule has 0 fully saturated rings. The van der Waals surface area contributed by atoms with Gasteiger partial charge >= 0.3 is 0 Å². The fourth-order valence-corrected chi connectivity index (χ4v) is 36.1. The topological polar surface area (TPSA) is 86.2 Å². The van der Waals surface area contributed by atoms with Gasteiger partial charge in [0.2, 0.25) is 0 Å². The van der Waals surface area contributed by atoms with Crippen LogP contribution in [0.3, 0.4) is 0 Å². The molecule has 0 unspecified atom stereocenters. The van der Waals surface area contributed by atoms with Crippen LogP contribution in [0.5, 0.6) is 0 Å². The zero-order valence-electron chi connectivity index (χ0n) is 75.6. The lowest BCUT2D eigenvalue weighted by Crippen LogP contribution is -2.75. The molecule has 138 heavy (non-hydrogen) atoms. The third-order valence-corrected chi connectivity index (χ3v) is 41.9. The SMILES string of the molecule is N#Cc1cccc([Si](c2ccccc2)(c2ccccc2)c2ccc(-c3cccc(-n4c5ccccc5c5ccccc54)c3)cc2)c1.N#Cc1cccc([Si](c2ccccc2)(c2ccccc2)c2cccc(-c3ccc(-n4c5ccccc5c5ccccc54)cc3)c2)c1.N#Cc1cccc([Si](c2ccccc2)(c2ccccc2)c2ccccc2-c2ccc(-n3c4ccccc4c4ccccc43)cc2)c1. The fourth-order valence-electron chi connectivity index (χ4n) is 21.5. The minimum absolute atomic E-state index is 0.675. The Balaban J connectivity index is 0.000000119. The molecule has 3 aromatic heterocycles. The summed E-state index contributed by atoms with van der Waals surface area (Å²) in [4.78, 5) is 0. The number of aromatic nitrogens is 3.